The SMILES string of the molecule is Oc1c(C=C2C=Nc3ccccc32)sc(=S)n1-c1ccc(Br)cc1. The van der Waals surface area contributed by atoms with Gasteiger partial charge in [-0.15, -0.1) is 11.3 Å². The molecule has 0 aliphatic carbocycles. The van der Waals surface area contributed by atoms with Gasteiger partial charge in [-0.3, -0.25) is 9.56 Å². The van der Waals surface area contributed by atoms with Crippen LogP contribution in [-0.4, -0.2) is 15.9 Å². The molecular weight excluding hydrogens is 404 g/mol. The first-order valence-electron chi connectivity index (χ1n) is 7.19. The van der Waals surface area contributed by atoms with Crippen LogP contribution in [-0.2, 0) is 0 Å². The normalized spacial score (nSPS) is 14.3. The smallest absolute Gasteiger partial charge is 0.215 e. The molecule has 1 aromatic heterocycles. The molecule has 4 rings (SSSR count). The van der Waals surface area contributed by atoms with Crippen LogP contribution < -0.4 is 0 Å². The maximum atomic E-state index is 10.6. The van der Waals surface area contributed by atoms with Gasteiger partial charge in [-0.05, 0) is 48.6 Å². The summed E-state index contributed by atoms with van der Waals surface area (Å²) >= 11 is 10.2. The molecule has 0 saturated heterocycles. The molecule has 3 nitrogen and oxygen atoms in total. The molecule has 0 spiro atoms. The number of allylic oxidation sites excluding steroid dienone is 1. The first-order valence-corrected chi connectivity index (χ1v) is 9.21. The number of benzene rings is 2. The van der Waals surface area contributed by atoms with E-state index in [1.807, 2.05) is 60.8 Å². The number of aromatic hydroxyl groups is 1. The number of nitrogens with zero attached hydrogens (tertiary/aromatic N) is 2. The fourth-order valence-electron chi connectivity index (χ4n) is 2.59. The molecule has 1 aliphatic heterocycles. The molecule has 1 aliphatic rings. The number of aliphatic imine (C=N–C) groups is 1. The molecular formula is C18H11BrN2OS2. The fraction of sp³-hybridized carbons (Fsp3) is 0. The summed E-state index contributed by atoms with van der Waals surface area (Å²) in [7, 11) is 0. The second-order valence-electron chi connectivity index (χ2n) is 5.24. The van der Waals surface area contributed by atoms with Crippen molar-refractivity contribution >= 4 is 63.0 Å². The summed E-state index contributed by atoms with van der Waals surface area (Å²) in [5.41, 5.74) is 3.81. The van der Waals surface area contributed by atoms with Crippen LogP contribution in [0, 0.1) is 3.95 Å². The molecule has 0 unspecified atom stereocenters. The van der Waals surface area contributed by atoms with Gasteiger partial charge in [-0.2, -0.15) is 0 Å². The van der Waals surface area contributed by atoms with E-state index >= 15 is 0 Å². The first-order chi connectivity index (χ1) is 11.6. The highest BCUT2D eigenvalue weighted by molar-refractivity contribution is 9.10. The highest BCUT2D eigenvalue weighted by atomic mass is 79.9. The summed E-state index contributed by atoms with van der Waals surface area (Å²) in [5, 5.41) is 10.6. The maximum Gasteiger partial charge on any atom is 0.215 e. The van der Waals surface area contributed by atoms with Crippen LogP contribution in [0.15, 0.2) is 58.0 Å². The van der Waals surface area contributed by atoms with E-state index in [0.717, 1.165) is 31.9 Å². The number of fused-ring (bicyclic) bond motifs is 1. The Morgan fingerprint density at radius 3 is 2.67 bits per heavy atom. The van der Waals surface area contributed by atoms with Crippen LogP contribution in [0.3, 0.4) is 0 Å². The van der Waals surface area contributed by atoms with Gasteiger partial charge in [-0.1, -0.05) is 34.1 Å². The van der Waals surface area contributed by atoms with E-state index in [1.54, 1.807) is 4.57 Å². The molecule has 0 radical (unpaired) electrons. The molecule has 118 valence electrons. The van der Waals surface area contributed by atoms with Crippen molar-refractivity contribution in [2.75, 3.05) is 0 Å². The van der Waals surface area contributed by atoms with Crippen molar-refractivity contribution in [2.24, 2.45) is 4.99 Å². The molecule has 24 heavy (non-hydrogen) atoms. The lowest BCUT2D eigenvalue weighted by Gasteiger charge is -2.05. The molecule has 2 aromatic carbocycles. The molecule has 0 amide bonds. The van der Waals surface area contributed by atoms with Gasteiger partial charge >= 0.3 is 0 Å². The third-order valence-electron chi connectivity index (χ3n) is 3.74. The number of hydrogen-bond donors (Lipinski definition) is 1. The number of hydrogen-bond acceptors (Lipinski definition) is 4. The van der Waals surface area contributed by atoms with Gasteiger partial charge in [0.05, 0.1) is 16.3 Å². The quantitative estimate of drug-likeness (QED) is 0.522. The molecule has 0 saturated carbocycles. The molecule has 0 fully saturated rings. The Labute approximate surface area is 156 Å². The predicted molar refractivity (Wildman–Crippen MR) is 106 cm³/mol. The van der Waals surface area contributed by atoms with Gasteiger partial charge in [-0.25, -0.2) is 0 Å². The van der Waals surface area contributed by atoms with Crippen LogP contribution >= 0.6 is 39.5 Å². The molecule has 2 heterocycles. The van der Waals surface area contributed by atoms with Crippen molar-refractivity contribution in [3.63, 3.8) is 0 Å². The lowest BCUT2D eigenvalue weighted by atomic mass is 10.1. The van der Waals surface area contributed by atoms with E-state index in [4.69, 9.17) is 12.2 Å². The average molecular weight is 415 g/mol. The third kappa shape index (κ3) is 2.66. The number of halogens is 1. The van der Waals surface area contributed by atoms with E-state index in [-0.39, 0.29) is 5.88 Å². The number of para-hydroxylation sites is 1. The van der Waals surface area contributed by atoms with Crippen LogP contribution in [0.4, 0.5) is 5.69 Å². The monoisotopic (exact) mass is 414 g/mol. The van der Waals surface area contributed by atoms with E-state index in [0.29, 0.717) is 3.95 Å². The fourth-order valence-corrected chi connectivity index (χ4v) is 4.15. The number of thiazole rings is 1. The van der Waals surface area contributed by atoms with E-state index in [2.05, 4.69) is 20.9 Å². The van der Waals surface area contributed by atoms with Crippen molar-refractivity contribution in [2.45, 2.75) is 0 Å². The van der Waals surface area contributed by atoms with E-state index in [9.17, 15) is 5.11 Å². The zero-order valence-corrected chi connectivity index (χ0v) is 15.5. The Morgan fingerprint density at radius 1 is 1.12 bits per heavy atom. The topological polar surface area (TPSA) is 37.5 Å². The zero-order chi connectivity index (χ0) is 16.7. The summed E-state index contributed by atoms with van der Waals surface area (Å²) in [6.07, 6.45) is 3.75. The van der Waals surface area contributed by atoms with Gasteiger partial charge in [0.15, 0.2) is 3.95 Å². The summed E-state index contributed by atoms with van der Waals surface area (Å²) < 4.78 is 3.26. The number of rotatable bonds is 2. The largest absolute Gasteiger partial charge is 0.493 e. The minimum absolute atomic E-state index is 0.151. The van der Waals surface area contributed by atoms with Gasteiger partial charge < -0.3 is 5.11 Å². The minimum atomic E-state index is 0.151. The Hall–Kier alpha value is -2.02. The molecule has 6 heteroatoms. The molecule has 0 atom stereocenters. The average Bonchev–Trinajstić information content (AvgIpc) is 3.11. The standard InChI is InChI=1S/C18H11BrN2OS2/c19-12-5-7-13(8-6-12)21-17(22)16(24-18(21)23)9-11-10-20-15-4-2-1-3-14(11)15/h1-10,22H. The van der Waals surface area contributed by atoms with Crippen molar-refractivity contribution in [1.82, 2.24) is 4.57 Å². The van der Waals surface area contributed by atoms with Crippen LogP contribution in [0.5, 0.6) is 5.88 Å². The summed E-state index contributed by atoms with van der Waals surface area (Å²) in [4.78, 5) is 5.12. The van der Waals surface area contributed by atoms with Gasteiger partial charge in [0, 0.05) is 21.8 Å². The molecule has 1 N–H and O–H groups in total. The Kier molecular flexibility index (Phi) is 3.96. The lowest BCUT2D eigenvalue weighted by molar-refractivity contribution is 0.441. The highest BCUT2D eigenvalue weighted by Gasteiger charge is 2.16. The van der Waals surface area contributed by atoms with Crippen molar-refractivity contribution in [3.8, 4) is 11.6 Å². The number of aromatic nitrogens is 1. The Bertz CT molecular complexity index is 1050. The predicted octanol–water partition coefficient (Wildman–Crippen LogP) is 5.99. The third-order valence-corrected chi connectivity index (χ3v) is 5.58. The summed E-state index contributed by atoms with van der Waals surface area (Å²) in [6.45, 7) is 0. The van der Waals surface area contributed by atoms with Crippen LogP contribution in [0.2, 0.25) is 0 Å². The van der Waals surface area contributed by atoms with Crippen LogP contribution in [0.25, 0.3) is 17.3 Å². The Balaban J connectivity index is 1.81. The minimum Gasteiger partial charge on any atom is -0.493 e. The van der Waals surface area contributed by atoms with Crippen LogP contribution in [0.1, 0.15) is 10.4 Å². The second-order valence-corrected chi connectivity index (χ2v) is 7.83. The van der Waals surface area contributed by atoms with Crippen molar-refractivity contribution < 1.29 is 5.11 Å². The van der Waals surface area contributed by atoms with Crippen molar-refractivity contribution in [1.29, 1.82) is 0 Å². The van der Waals surface area contributed by atoms with Gasteiger partial charge in [0.1, 0.15) is 0 Å². The van der Waals surface area contributed by atoms with Gasteiger partial charge in [0.25, 0.3) is 0 Å². The highest BCUT2D eigenvalue weighted by Crippen LogP contribution is 2.36. The van der Waals surface area contributed by atoms with Crippen molar-refractivity contribution in [3.05, 3.63) is 67.4 Å². The Morgan fingerprint density at radius 2 is 1.88 bits per heavy atom. The zero-order valence-electron chi connectivity index (χ0n) is 12.3. The van der Waals surface area contributed by atoms with Gasteiger partial charge in [0.2, 0.25) is 5.88 Å². The summed E-state index contributed by atoms with van der Waals surface area (Å²) in [6, 6.07) is 15.6. The van der Waals surface area contributed by atoms with E-state index < -0.39 is 0 Å². The maximum absolute atomic E-state index is 10.6. The second kappa shape index (κ2) is 6.12. The van der Waals surface area contributed by atoms with E-state index in [1.165, 1.54) is 11.3 Å². The summed E-state index contributed by atoms with van der Waals surface area (Å²) in [5.74, 6) is 0.151. The first kappa shape index (κ1) is 15.5. The lowest BCUT2D eigenvalue weighted by Crippen LogP contribution is -1.92. The molecule has 3 aromatic rings. The molecule has 0 bridgehead atoms.